The molecule has 0 radical (unpaired) electrons. The molecule has 4 heteroatoms. The zero-order chi connectivity index (χ0) is 17.0. The molecular weight excluding hydrogens is 290 g/mol. The van der Waals surface area contributed by atoms with Gasteiger partial charge in [-0.25, -0.2) is 4.79 Å². The Labute approximate surface area is 136 Å². The van der Waals surface area contributed by atoms with Crippen molar-refractivity contribution in [3.63, 3.8) is 0 Å². The van der Waals surface area contributed by atoms with E-state index < -0.39 is 8.07 Å². The van der Waals surface area contributed by atoms with Gasteiger partial charge in [-0.05, 0) is 24.4 Å². The highest BCUT2D eigenvalue weighted by molar-refractivity contribution is 6.81. The molecule has 0 aliphatic rings. The van der Waals surface area contributed by atoms with Crippen LogP contribution in [0, 0.1) is 0 Å². The number of hydrogen-bond donors (Lipinski definition) is 0. The molecule has 3 nitrogen and oxygen atoms in total. The molecule has 0 bridgehead atoms. The minimum Gasteiger partial charge on any atom is -0.445 e. The monoisotopic (exact) mass is 321 g/mol. The smallest absolute Gasteiger partial charge is 0.410 e. The van der Waals surface area contributed by atoms with Crippen LogP contribution in [0.5, 0.6) is 0 Å². The van der Waals surface area contributed by atoms with Crippen molar-refractivity contribution in [2.24, 2.45) is 0 Å². The fourth-order valence-corrected chi connectivity index (χ4v) is 4.52. The first kappa shape index (κ1) is 18.8. The Morgan fingerprint density at radius 2 is 1.64 bits per heavy atom. The first-order valence-corrected chi connectivity index (χ1v) is 11.2. The van der Waals surface area contributed by atoms with Crippen LogP contribution >= 0.6 is 0 Å². The second-order valence-corrected chi connectivity index (χ2v) is 12.8. The second kappa shape index (κ2) is 7.31. The van der Waals surface area contributed by atoms with Crippen molar-refractivity contribution in [2.75, 3.05) is 13.1 Å². The van der Waals surface area contributed by atoms with E-state index in [9.17, 15) is 4.79 Å². The molecule has 124 valence electrons. The summed E-state index contributed by atoms with van der Waals surface area (Å²) in [6.07, 6.45) is -0.205. The zero-order valence-corrected chi connectivity index (χ0v) is 16.1. The Bertz CT molecular complexity index is 476. The van der Waals surface area contributed by atoms with Crippen molar-refractivity contribution in [2.45, 2.75) is 58.5 Å². The van der Waals surface area contributed by atoms with Crippen LogP contribution in [0.3, 0.4) is 0 Å². The number of benzene rings is 1. The molecule has 1 rings (SSSR count). The lowest BCUT2D eigenvalue weighted by Gasteiger charge is -2.43. The van der Waals surface area contributed by atoms with Crippen LogP contribution in [0.15, 0.2) is 30.3 Å². The van der Waals surface area contributed by atoms with Gasteiger partial charge in [0.15, 0.2) is 0 Å². The molecule has 1 aromatic rings. The van der Waals surface area contributed by atoms with Crippen LogP contribution in [0.4, 0.5) is 4.79 Å². The Morgan fingerprint density at radius 1 is 1.14 bits per heavy atom. The Hall–Kier alpha value is -1.29. The predicted octanol–water partition coefficient (Wildman–Crippen LogP) is 5.25. The van der Waals surface area contributed by atoms with Gasteiger partial charge in [0.1, 0.15) is 13.8 Å². The third kappa shape index (κ3) is 4.13. The standard InChI is InChI=1S/C18H31NO2Si/c1-8-19(9-2)17(20)21-16(15-13-11-10-12-14-15)22(6,7)18(3,4)5/h10-14,16H,8-9H2,1-7H3. The fourth-order valence-electron chi connectivity index (χ4n) is 2.31. The summed E-state index contributed by atoms with van der Waals surface area (Å²) < 4.78 is 6.02. The zero-order valence-electron chi connectivity index (χ0n) is 15.1. The number of carbonyl (C=O) groups is 1. The van der Waals surface area contributed by atoms with Crippen molar-refractivity contribution < 1.29 is 9.53 Å². The number of rotatable bonds is 5. The predicted molar refractivity (Wildman–Crippen MR) is 95.8 cm³/mol. The van der Waals surface area contributed by atoms with Gasteiger partial charge >= 0.3 is 6.09 Å². The lowest BCUT2D eigenvalue weighted by atomic mass is 10.2. The molecule has 0 saturated carbocycles. The Kier molecular flexibility index (Phi) is 6.24. The Balaban J connectivity index is 3.17. The van der Waals surface area contributed by atoms with Crippen molar-refractivity contribution in [3.8, 4) is 0 Å². The van der Waals surface area contributed by atoms with E-state index in [1.807, 2.05) is 32.0 Å². The average Bonchev–Trinajstić information content (AvgIpc) is 2.45. The van der Waals surface area contributed by atoms with Gasteiger partial charge in [-0.1, -0.05) is 64.2 Å². The van der Waals surface area contributed by atoms with E-state index in [2.05, 4.69) is 46.0 Å². The highest BCUT2D eigenvalue weighted by Gasteiger charge is 2.45. The summed E-state index contributed by atoms with van der Waals surface area (Å²) in [5, 5.41) is 0.136. The number of hydrogen-bond acceptors (Lipinski definition) is 2. The van der Waals surface area contributed by atoms with E-state index >= 15 is 0 Å². The van der Waals surface area contributed by atoms with Crippen LogP contribution in [-0.4, -0.2) is 32.2 Å². The molecule has 1 atom stereocenters. The molecule has 1 unspecified atom stereocenters. The summed E-state index contributed by atoms with van der Waals surface area (Å²) in [4.78, 5) is 14.2. The van der Waals surface area contributed by atoms with E-state index in [4.69, 9.17) is 4.74 Å². The molecule has 0 heterocycles. The van der Waals surface area contributed by atoms with E-state index in [1.165, 1.54) is 0 Å². The van der Waals surface area contributed by atoms with Crippen LogP contribution in [0.25, 0.3) is 0 Å². The largest absolute Gasteiger partial charge is 0.445 e. The highest BCUT2D eigenvalue weighted by atomic mass is 28.3. The molecular formula is C18H31NO2Si. The normalized spacial score (nSPS) is 13.6. The molecule has 0 fully saturated rings. The maximum atomic E-state index is 12.5. The minimum absolute atomic E-state index is 0.136. The molecule has 0 spiro atoms. The lowest BCUT2D eigenvalue weighted by Crippen LogP contribution is -2.47. The summed E-state index contributed by atoms with van der Waals surface area (Å²) >= 11 is 0. The second-order valence-electron chi connectivity index (χ2n) is 7.32. The van der Waals surface area contributed by atoms with Gasteiger partial charge in [-0.3, -0.25) is 0 Å². The van der Waals surface area contributed by atoms with E-state index in [-0.39, 0.29) is 16.9 Å². The van der Waals surface area contributed by atoms with E-state index in [1.54, 1.807) is 4.90 Å². The third-order valence-electron chi connectivity index (χ3n) is 4.93. The van der Waals surface area contributed by atoms with Gasteiger partial charge in [0, 0.05) is 13.1 Å². The van der Waals surface area contributed by atoms with Crippen LogP contribution in [0.1, 0.15) is 45.9 Å². The van der Waals surface area contributed by atoms with E-state index in [0.717, 1.165) is 5.56 Å². The first-order chi connectivity index (χ1) is 10.1. The maximum Gasteiger partial charge on any atom is 0.410 e. The number of carbonyl (C=O) groups excluding carboxylic acids is 1. The molecule has 0 N–H and O–H groups in total. The summed E-state index contributed by atoms with van der Waals surface area (Å²) in [6.45, 7) is 16.7. The quantitative estimate of drug-likeness (QED) is 0.693. The van der Waals surface area contributed by atoms with Gasteiger partial charge < -0.3 is 9.64 Å². The van der Waals surface area contributed by atoms with Crippen molar-refractivity contribution in [3.05, 3.63) is 35.9 Å². The van der Waals surface area contributed by atoms with Crippen LogP contribution in [0.2, 0.25) is 18.1 Å². The number of amides is 1. The molecule has 0 aliphatic heterocycles. The van der Waals surface area contributed by atoms with Crippen LogP contribution < -0.4 is 0 Å². The average molecular weight is 322 g/mol. The van der Waals surface area contributed by atoms with Crippen molar-refractivity contribution in [1.82, 2.24) is 4.90 Å². The third-order valence-corrected chi connectivity index (χ3v) is 10.6. The first-order valence-electron chi connectivity index (χ1n) is 8.15. The van der Waals surface area contributed by atoms with Gasteiger partial charge in [-0.2, -0.15) is 0 Å². The molecule has 1 aromatic carbocycles. The molecule has 1 amide bonds. The van der Waals surface area contributed by atoms with Gasteiger partial charge in [0.2, 0.25) is 0 Å². The number of nitrogens with zero attached hydrogens (tertiary/aromatic N) is 1. The summed E-state index contributed by atoms with van der Waals surface area (Å²) in [7, 11) is -1.88. The summed E-state index contributed by atoms with van der Waals surface area (Å²) in [5.41, 5.74) is 0.969. The van der Waals surface area contributed by atoms with Crippen molar-refractivity contribution >= 4 is 14.2 Å². The topological polar surface area (TPSA) is 29.5 Å². The summed E-state index contributed by atoms with van der Waals surface area (Å²) in [6, 6.07) is 10.2. The lowest BCUT2D eigenvalue weighted by molar-refractivity contribution is 0.0889. The van der Waals surface area contributed by atoms with Crippen LogP contribution in [-0.2, 0) is 4.74 Å². The number of ether oxygens (including phenoxy) is 1. The van der Waals surface area contributed by atoms with Gasteiger partial charge in [0.25, 0.3) is 0 Å². The SMILES string of the molecule is CCN(CC)C(=O)OC(c1ccccc1)[Si](C)(C)C(C)(C)C. The maximum absolute atomic E-state index is 12.5. The van der Waals surface area contributed by atoms with Crippen molar-refractivity contribution in [1.29, 1.82) is 0 Å². The van der Waals surface area contributed by atoms with Gasteiger partial charge in [-0.15, -0.1) is 0 Å². The molecule has 22 heavy (non-hydrogen) atoms. The molecule has 0 aromatic heterocycles. The highest BCUT2D eigenvalue weighted by Crippen LogP contribution is 2.45. The summed E-state index contributed by atoms with van der Waals surface area (Å²) in [5.74, 6) is 0. The minimum atomic E-state index is -1.88. The van der Waals surface area contributed by atoms with Gasteiger partial charge in [0.05, 0.1) is 0 Å². The Morgan fingerprint density at radius 3 is 2.05 bits per heavy atom. The van der Waals surface area contributed by atoms with E-state index in [0.29, 0.717) is 13.1 Å². The molecule has 0 saturated heterocycles. The fraction of sp³-hybridized carbons (Fsp3) is 0.611. The molecule has 0 aliphatic carbocycles.